The number of carbonyl (C=O) groups is 1. The first-order valence-electron chi connectivity index (χ1n) is 12.5. The molecule has 5 rings (SSSR count). The molecule has 0 aromatic carbocycles. The van der Waals surface area contributed by atoms with E-state index in [4.69, 9.17) is 23.7 Å². The minimum atomic E-state index is -0.940. The topological polar surface area (TPSA) is 104 Å². The van der Waals surface area contributed by atoms with Crippen molar-refractivity contribution in [2.24, 2.45) is 34.5 Å². The maximum atomic E-state index is 12.5. The van der Waals surface area contributed by atoms with Gasteiger partial charge in [-0.2, -0.15) is 0 Å². The summed E-state index contributed by atoms with van der Waals surface area (Å²) in [6.07, 6.45) is 7.88. The second-order valence-corrected chi connectivity index (χ2v) is 11.3. The molecule has 8 heteroatoms. The predicted octanol–water partition coefficient (Wildman–Crippen LogP) is 3.45. The molecule has 4 aliphatic carbocycles. The number of methoxy groups -OCH3 is 1. The molecule has 8 nitrogen and oxygen atoms in total. The van der Waals surface area contributed by atoms with Crippen LogP contribution in [0.25, 0.3) is 0 Å². The molecule has 0 aromatic rings. The van der Waals surface area contributed by atoms with Crippen LogP contribution >= 0.6 is 0 Å². The zero-order chi connectivity index (χ0) is 24.1. The molecular formula is C26H38O8. The molecule has 5 aliphatic rings. The monoisotopic (exact) mass is 478 g/mol. The number of allylic oxidation sites excluding steroid dienone is 2. The highest BCUT2D eigenvalue weighted by Crippen LogP contribution is 2.69. The Morgan fingerprint density at radius 3 is 2.76 bits per heavy atom. The zero-order valence-electron chi connectivity index (χ0n) is 20.5. The van der Waals surface area contributed by atoms with E-state index in [9.17, 15) is 15.0 Å². The summed E-state index contributed by atoms with van der Waals surface area (Å²) in [5, 5.41) is 19.4. The van der Waals surface area contributed by atoms with Crippen molar-refractivity contribution in [3.8, 4) is 0 Å². The van der Waals surface area contributed by atoms with Crippen LogP contribution in [-0.4, -0.2) is 62.0 Å². The van der Waals surface area contributed by atoms with Crippen LogP contribution < -0.4 is 0 Å². The van der Waals surface area contributed by atoms with Crippen LogP contribution in [0.4, 0.5) is 0 Å². The molecule has 2 N–H and O–H groups in total. The average Bonchev–Trinajstić information content (AvgIpc) is 3.42. The van der Waals surface area contributed by atoms with Crippen LogP contribution in [-0.2, 0) is 28.5 Å². The van der Waals surface area contributed by atoms with E-state index in [1.807, 2.05) is 0 Å². The molecule has 1 saturated heterocycles. The Morgan fingerprint density at radius 2 is 2.09 bits per heavy atom. The smallest absolute Gasteiger partial charge is 0.200 e. The van der Waals surface area contributed by atoms with Gasteiger partial charge >= 0.3 is 0 Å². The van der Waals surface area contributed by atoms with Crippen LogP contribution in [0, 0.1) is 34.5 Å². The Bertz CT molecular complexity index is 861. The SMILES string of the molecule is COCO[C@H]1C[C@@]2(C)C(CCC2C2(OCO)COCO2)C2CCC3=CC(=O)/C(=C\O)C[C@]3(C)C21. The number of aliphatic hydroxyl groups is 2. The standard InChI is InChI=1S/C26H38O8/c1-24-9-16(11-27)20(29)8-17(24)4-5-18-19-6-7-22(26(33-13-28)12-31-15-34-26)25(19,2)10-21(23(18)24)32-14-30-3/h8,11,18-19,21-23,27-28H,4-7,9-10,12-15H2,1-3H3/b16-11-/t18?,19?,21-,22?,23?,24-,25-,26?/m0/s1. The molecule has 0 spiro atoms. The largest absolute Gasteiger partial charge is 0.515 e. The fourth-order valence-electron chi connectivity index (χ4n) is 8.65. The third-order valence-electron chi connectivity index (χ3n) is 9.91. The number of rotatable bonds is 6. The number of ketones is 1. The first-order chi connectivity index (χ1) is 16.3. The molecule has 1 heterocycles. The van der Waals surface area contributed by atoms with Gasteiger partial charge in [-0.25, -0.2) is 0 Å². The molecule has 0 radical (unpaired) electrons. The summed E-state index contributed by atoms with van der Waals surface area (Å²) in [6.45, 7) is 4.85. The van der Waals surface area contributed by atoms with Crippen molar-refractivity contribution in [1.29, 1.82) is 0 Å². The Hall–Kier alpha value is -1.29. The lowest BCUT2D eigenvalue weighted by molar-refractivity contribution is -0.287. The van der Waals surface area contributed by atoms with Gasteiger partial charge in [0, 0.05) is 18.6 Å². The van der Waals surface area contributed by atoms with Gasteiger partial charge in [0.2, 0.25) is 0 Å². The maximum Gasteiger partial charge on any atom is 0.200 e. The summed E-state index contributed by atoms with van der Waals surface area (Å²) >= 11 is 0. The number of hydrogen-bond donors (Lipinski definition) is 2. The van der Waals surface area contributed by atoms with Gasteiger partial charge in [-0.3, -0.25) is 4.79 Å². The van der Waals surface area contributed by atoms with Gasteiger partial charge in [0.05, 0.1) is 12.4 Å². The van der Waals surface area contributed by atoms with Gasteiger partial charge in [0.15, 0.2) is 18.4 Å². The van der Waals surface area contributed by atoms with Crippen molar-refractivity contribution in [1.82, 2.24) is 0 Å². The molecule has 0 amide bonds. The molecule has 1 aliphatic heterocycles. The van der Waals surface area contributed by atoms with Crippen molar-refractivity contribution in [3.05, 3.63) is 23.5 Å². The highest BCUT2D eigenvalue weighted by atomic mass is 16.8. The lowest BCUT2D eigenvalue weighted by Crippen LogP contribution is -2.60. The summed E-state index contributed by atoms with van der Waals surface area (Å²) in [5.41, 5.74) is 1.28. The highest BCUT2D eigenvalue weighted by molar-refractivity contribution is 6.05. The van der Waals surface area contributed by atoms with E-state index in [2.05, 4.69) is 13.8 Å². The molecule has 190 valence electrons. The van der Waals surface area contributed by atoms with Crippen molar-refractivity contribution in [2.45, 2.75) is 64.3 Å². The summed E-state index contributed by atoms with van der Waals surface area (Å²) in [4.78, 5) is 12.5. The molecule has 3 saturated carbocycles. The van der Waals surface area contributed by atoms with Gasteiger partial charge in [-0.15, -0.1) is 0 Å². The van der Waals surface area contributed by atoms with Crippen molar-refractivity contribution in [3.63, 3.8) is 0 Å². The van der Waals surface area contributed by atoms with E-state index in [1.54, 1.807) is 13.2 Å². The summed E-state index contributed by atoms with van der Waals surface area (Å²) in [5.74, 6) is 0.0915. The Kier molecular flexibility index (Phi) is 6.45. The van der Waals surface area contributed by atoms with E-state index in [-0.39, 0.29) is 48.1 Å². The van der Waals surface area contributed by atoms with E-state index in [1.165, 1.54) is 5.57 Å². The molecule has 5 unspecified atom stereocenters. The predicted molar refractivity (Wildman–Crippen MR) is 121 cm³/mol. The third-order valence-corrected chi connectivity index (χ3v) is 9.91. The molecule has 4 fully saturated rings. The van der Waals surface area contributed by atoms with Crippen LogP contribution in [0.3, 0.4) is 0 Å². The van der Waals surface area contributed by atoms with Crippen LogP contribution in [0.15, 0.2) is 23.5 Å². The second kappa shape index (κ2) is 8.98. The fourth-order valence-corrected chi connectivity index (χ4v) is 8.65. The van der Waals surface area contributed by atoms with Crippen LogP contribution in [0.5, 0.6) is 0 Å². The Morgan fingerprint density at radius 1 is 1.26 bits per heavy atom. The van der Waals surface area contributed by atoms with E-state index < -0.39 is 12.6 Å². The van der Waals surface area contributed by atoms with Crippen molar-refractivity contribution >= 4 is 5.78 Å². The van der Waals surface area contributed by atoms with E-state index in [0.29, 0.717) is 30.4 Å². The summed E-state index contributed by atoms with van der Waals surface area (Å²) < 4.78 is 29.2. The number of aliphatic hydroxyl groups excluding tert-OH is 2. The van der Waals surface area contributed by atoms with E-state index >= 15 is 0 Å². The lowest BCUT2D eigenvalue weighted by Gasteiger charge is -2.61. The molecule has 0 bridgehead atoms. The minimum absolute atomic E-state index is 0.0693. The quantitative estimate of drug-likeness (QED) is 0.340. The lowest BCUT2D eigenvalue weighted by atomic mass is 9.45. The number of fused-ring (bicyclic) bond motifs is 5. The third kappa shape index (κ3) is 3.52. The van der Waals surface area contributed by atoms with Gasteiger partial charge in [0.25, 0.3) is 0 Å². The van der Waals surface area contributed by atoms with E-state index in [0.717, 1.165) is 38.4 Å². The fraction of sp³-hybridized carbons (Fsp3) is 0.808. The molecule has 34 heavy (non-hydrogen) atoms. The number of carbonyl (C=O) groups excluding carboxylic acids is 1. The zero-order valence-corrected chi connectivity index (χ0v) is 20.5. The van der Waals surface area contributed by atoms with Gasteiger partial charge < -0.3 is 33.9 Å². The number of ether oxygens (including phenoxy) is 5. The normalized spacial score (nSPS) is 47.3. The van der Waals surface area contributed by atoms with Crippen molar-refractivity contribution < 1.29 is 38.7 Å². The first-order valence-corrected chi connectivity index (χ1v) is 12.5. The second-order valence-electron chi connectivity index (χ2n) is 11.3. The Labute approximate surface area is 201 Å². The highest BCUT2D eigenvalue weighted by Gasteiger charge is 2.67. The summed E-state index contributed by atoms with van der Waals surface area (Å²) in [6, 6.07) is 0. The van der Waals surface area contributed by atoms with Gasteiger partial charge in [-0.05, 0) is 73.2 Å². The van der Waals surface area contributed by atoms with Crippen LogP contribution in [0.1, 0.15) is 52.4 Å². The van der Waals surface area contributed by atoms with Gasteiger partial charge in [0.1, 0.15) is 20.2 Å². The van der Waals surface area contributed by atoms with Gasteiger partial charge in [-0.1, -0.05) is 19.4 Å². The molecular weight excluding hydrogens is 440 g/mol. The average molecular weight is 479 g/mol. The maximum absolute atomic E-state index is 12.5. The molecule has 0 aromatic heterocycles. The first kappa shape index (κ1) is 24.4. The number of hydrogen-bond acceptors (Lipinski definition) is 8. The minimum Gasteiger partial charge on any atom is -0.515 e. The summed E-state index contributed by atoms with van der Waals surface area (Å²) in [7, 11) is 1.64. The van der Waals surface area contributed by atoms with Crippen LogP contribution in [0.2, 0.25) is 0 Å². The van der Waals surface area contributed by atoms with Crippen molar-refractivity contribution in [2.75, 3.05) is 34.1 Å². The molecule has 8 atom stereocenters. The Balaban J connectivity index is 1.54.